The van der Waals surface area contributed by atoms with E-state index >= 15 is 0 Å². The molecule has 0 heterocycles. The Bertz CT molecular complexity index is 863. The summed E-state index contributed by atoms with van der Waals surface area (Å²) < 4.78 is 41.8. The van der Waals surface area contributed by atoms with E-state index in [1.807, 2.05) is 13.8 Å². The second-order valence-corrected chi connectivity index (χ2v) is 7.94. The van der Waals surface area contributed by atoms with E-state index in [2.05, 4.69) is 0 Å². The van der Waals surface area contributed by atoms with E-state index in [9.17, 15) is 17.6 Å². The summed E-state index contributed by atoms with van der Waals surface area (Å²) >= 11 is 0. The van der Waals surface area contributed by atoms with Crippen molar-refractivity contribution in [1.29, 1.82) is 0 Å². The molecule has 1 amide bonds. The predicted molar refractivity (Wildman–Crippen MR) is 97.9 cm³/mol. The summed E-state index contributed by atoms with van der Waals surface area (Å²) in [4.78, 5) is 14.2. The Hall–Kier alpha value is -2.41. The zero-order chi connectivity index (χ0) is 19.3. The number of carbonyl (C=O) groups excluding carboxylic acids is 1. The third-order valence-corrected chi connectivity index (χ3v) is 4.99. The van der Waals surface area contributed by atoms with Crippen molar-refractivity contribution in [2.45, 2.75) is 33.4 Å². The Kier molecular flexibility index (Phi) is 6.37. The maximum Gasteiger partial charge on any atom is 0.308 e. The van der Waals surface area contributed by atoms with Gasteiger partial charge in [0.15, 0.2) is 0 Å². The lowest BCUT2D eigenvalue weighted by Gasteiger charge is -2.27. The lowest BCUT2D eigenvalue weighted by molar-refractivity contribution is 0.0685. The van der Waals surface area contributed by atoms with Gasteiger partial charge in [-0.25, -0.2) is 4.39 Å². The number of amides is 1. The number of nitrogens with zero attached hydrogens (tertiary/aromatic N) is 1. The van der Waals surface area contributed by atoms with E-state index in [4.69, 9.17) is 4.18 Å². The van der Waals surface area contributed by atoms with Crippen molar-refractivity contribution in [2.75, 3.05) is 5.75 Å². The van der Waals surface area contributed by atoms with Crippen LogP contribution >= 0.6 is 0 Å². The summed E-state index contributed by atoms with van der Waals surface area (Å²) in [6.07, 6.45) is 0. The fraction of sp³-hybridized carbons (Fsp3) is 0.316. The largest absolute Gasteiger partial charge is 0.382 e. The second kappa shape index (κ2) is 8.31. The van der Waals surface area contributed by atoms with Crippen molar-refractivity contribution in [3.63, 3.8) is 0 Å². The van der Waals surface area contributed by atoms with Crippen LogP contribution in [0.4, 0.5) is 4.39 Å². The van der Waals surface area contributed by atoms with Crippen LogP contribution in [0.15, 0.2) is 48.5 Å². The van der Waals surface area contributed by atoms with Gasteiger partial charge in [0.25, 0.3) is 5.91 Å². The second-order valence-electron chi connectivity index (χ2n) is 6.08. The molecule has 2 aromatic carbocycles. The lowest BCUT2D eigenvalue weighted by atomic mass is 10.1. The van der Waals surface area contributed by atoms with Gasteiger partial charge in [-0.1, -0.05) is 24.3 Å². The topological polar surface area (TPSA) is 63.7 Å². The first kappa shape index (κ1) is 19.9. The first-order chi connectivity index (χ1) is 12.2. The molecule has 2 aromatic rings. The molecule has 0 spiro atoms. The molecule has 0 aliphatic rings. The van der Waals surface area contributed by atoms with Gasteiger partial charge < -0.3 is 9.08 Å². The van der Waals surface area contributed by atoms with E-state index < -0.39 is 21.8 Å². The van der Waals surface area contributed by atoms with Crippen molar-refractivity contribution in [3.05, 3.63) is 65.5 Å². The average Bonchev–Trinajstić information content (AvgIpc) is 2.60. The van der Waals surface area contributed by atoms with Crippen molar-refractivity contribution in [1.82, 2.24) is 4.90 Å². The molecule has 0 saturated heterocycles. The summed E-state index contributed by atoms with van der Waals surface area (Å²) in [6.45, 7) is 5.47. The highest BCUT2D eigenvalue weighted by Crippen LogP contribution is 2.19. The van der Waals surface area contributed by atoms with E-state index in [1.54, 1.807) is 23.1 Å². The molecule has 0 aliphatic carbocycles. The smallest absolute Gasteiger partial charge is 0.308 e. The zero-order valence-corrected chi connectivity index (χ0v) is 15.8. The third-order valence-electron chi connectivity index (χ3n) is 3.84. The van der Waals surface area contributed by atoms with Crippen LogP contribution in [0, 0.1) is 5.82 Å². The van der Waals surface area contributed by atoms with Crippen LogP contribution in [0.3, 0.4) is 0 Å². The average molecular weight is 379 g/mol. The van der Waals surface area contributed by atoms with E-state index in [0.29, 0.717) is 0 Å². The maximum absolute atomic E-state index is 13.9. The molecule has 26 heavy (non-hydrogen) atoms. The molecule has 0 unspecified atom stereocenters. The van der Waals surface area contributed by atoms with Crippen molar-refractivity contribution in [2.24, 2.45) is 0 Å². The molecule has 7 heteroatoms. The Labute approximate surface area is 153 Å². The van der Waals surface area contributed by atoms with Crippen LogP contribution in [-0.4, -0.2) is 31.0 Å². The molecule has 0 N–H and O–H groups in total. The SMILES string of the molecule is CCS(=O)(=O)Oc1ccc(CN(C(=O)c2ccccc2F)C(C)C)cc1. The summed E-state index contributed by atoms with van der Waals surface area (Å²) in [5, 5.41) is 0. The Morgan fingerprint density at radius 3 is 2.27 bits per heavy atom. The molecule has 0 aromatic heterocycles. The quantitative estimate of drug-likeness (QED) is 0.690. The minimum Gasteiger partial charge on any atom is -0.382 e. The van der Waals surface area contributed by atoms with E-state index in [1.165, 1.54) is 37.3 Å². The summed E-state index contributed by atoms with van der Waals surface area (Å²) in [5.74, 6) is -0.858. The lowest BCUT2D eigenvalue weighted by Crippen LogP contribution is -2.36. The van der Waals surface area contributed by atoms with Crippen molar-refractivity contribution >= 4 is 16.0 Å². The molecule has 2 rings (SSSR count). The highest BCUT2D eigenvalue weighted by Gasteiger charge is 2.21. The molecular formula is C19H22FNO4S. The van der Waals surface area contributed by atoms with Crippen LogP contribution in [0.1, 0.15) is 36.7 Å². The van der Waals surface area contributed by atoms with Gasteiger partial charge in [0, 0.05) is 12.6 Å². The molecule has 5 nitrogen and oxygen atoms in total. The standard InChI is InChI=1S/C19H22FNO4S/c1-4-26(23,24)25-16-11-9-15(10-12-16)13-21(14(2)3)19(22)17-7-5-6-8-18(17)20/h5-12,14H,4,13H2,1-3H3. The van der Waals surface area contributed by atoms with Crippen LogP contribution in [0.2, 0.25) is 0 Å². The number of hydrogen-bond acceptors (Lipinski definition) is 4. The van der Waals surface area contributed by atoms with Crippen LogP contribution in [-0.2, 0) is 16.7 Å². The first-order valence-corrected chi connectivity index (χ1v) is 9.88. The predicted octanol–water partition coefficient (Wildman–Crippen LogP) is 3.61. The minimum absolute atomic E-state index is 0.0233. The van der Waals surface area contributed by atoms with E-state index in [-0.39, 0.29) is 29.7 Å². The molecule has 0 fully saturated rings. The number of halogens is 1. The fourth-order valence-corrected chi connectivity index (χ4v) is 2.85. The number of benzene rings is 2. The fourth-order valence-electron chi connectivity index (χ4n) is 2.33. The highest BCUT2D eigenvalue weighted by atomic mass is 32.2. The van der Waals surface area contributed by atoms with Crippen LogP contribution < -0.4 is 4.18 Å². The Balaban J connectivity index is 2.18. The molecule has 140 valence electrons. The summed E-state index contributed by atoms with van der Waals surface area (Å²) in [7, 11) is -3.58. The molecular weight excluding hydrogens is 357 g/mol. The molecule has 0 aliphatic heterocycles. The monoisotopic (exact) mass is 379 g/mol. The molecule has 0 bridgehead atoms. The van der Waals surface area contributed by atoms with Gasteiger partial charge in [0.05, 0.1) is 11.3 Å². The van der Waals surface area contributed by atoms with Gasteiger partial charge in [-0.15, -0.1) is 0 Å². The Morgan fingerprint density at radius 2 is 1.73 bits per heavy atom. The summed E-state index contributed by atoms with van der Waals surface area (Å²) in [5.41, 5.74) is 0.805. The Morgan fingerprint density at radius 1 is 1.12 bits per heavy atom. The van der Waals surface area contributed by atoms with Crippen molar-refractivity contribution in [3.8, 4) is 5.75 Å². The highest BCUT2D eigenvalue weighted by molar-refractivity contribution is 7.87. The van der Waals surface area contributed by atoms with Gasteiger partial charge in [-0.2, -0.15) is 8.42 Å². The van der Waals surface area contributed by atoms with Gasteiger partial charge >= 0.3 is 10.1 Å². The van der Waals surface area contributed by atoms with Gasteiger partial charge in [-0.3, -0.25) is 4.79 Å². The first-order valence-electron chi connectivity index (χ1n) is 8.30. The number of rotatable bonds is 7. The van der Waals surface area contributed by atoms with E-state index in [0.717, 1.165) is 5.56 Å². The molecule has 0 atom stereocenters. The summed E-state index contributed by atoms with van der Waals surface area (Å²) in [6, 6.07) is 12.2. The van der Waals surface area contributed by atoms with Gasteiger partial charge in [0.2, 0.25) is 0 Å². The number of carbonyl (C=O) groups is 1. The van der Waals surface area contributed by atoms with Gasteiger partial charge in [-0.05, 0) is 50.6 Å². The van der Waals surface area contributed by atoms with Crippen LogP contribution in [0.5, 0.6) is 5.75 Å². The minimum atomic E-state index is -3.58. The van der Waals surface area contributed by atoms with Gasteiger partial charge in [0.1, 0.15) is 11.6 Å². The normalized spacial score (nSPS) is 11.4. The zero-order valence-electron chi connectivity index (χ0n) is 15.0. The molecule has 0 radical (unpaired) electrons. The molecule has 0 saturated carbocycles. The third kappa shape index (κ3) is 5.05. The maximum atomic E-state index is 13.9. The van der Waals surface area contributed by atoms with Crippen LogP contribution in [0.25, 0.3) is 0 Å². The van der Waals surface area contributed by atoms with Crippen molar-refractivity contribution < 1.29 is 21.8 Å². The number of hydrogen-bond donors (Lipinski definition) is 0.